The minimum atomic E-state index is -0.647. The number of aliphatic hydroxyl groups excluding tert-OH is 1. The van der Waals surface area contributed by atoms with Crippen LogP contribution in [0.15, 0.2) is 24.5 Å². The molecule has 2 rings (SSSR count). The largest absolute Gasteiger partial charge is 0.383 e. The van der Waals surface area contributed by atoms with Gasteiger partial charge in [-0.25, -0.2) is 0 Å². The van der Waals surface area contributed by atoms with Gasteiger partial charge in [-0.05, 0) is 19.4 Å². The average molecular weight is 231 g/mol. The van der Waals surface area contributed by atoms with Gasteiger partial charge in [0, 0.05) is 36.3 Å². The summed E-state index contributed by atoms with van der Waals surface area (Å²) in [5.41, 5.74) is 3.54. The molecule has 0 saturated heterocycles. The minimum absolute atomic E-state index is 0.647. The third-order valence-electron chi connectivity index (χ3n) is 2.82. The van der Waals surface area contributed by atoms with Crippen LogP contribution in [0.3, 0.4) is 0 Å². The number of nitrogens with zero attached hydrogens (tertiary/aromatic N) is 3. The van der Waals surface area contributed by atoms with Crippen molar-refractivity contribution in [3.8, 4) is 0 Å². The Morgan fingerprint density at radius 3 is 2.76 bits per heavy atom. The molecule has 0 aliphatic carbocycles. The standard InChI is InChI=1S/C13H17N3O/c1-4-12-11(8-16(3)15-12)13(17)10-6-5-9(2)14-7-10/h5-8,13,17H,4H2,1-3H3. The van der Waals surface area contributed by atoms with Crippen molar-refractivity contribution in [3.63, 3.8) is 0 Å². The van der Waals surface area contributed by atoms with E-state index >= 15 is 0 Å². The lowest BCUT2D eigenvalue weighted by Gasteiger charge is -2.10. The van der Waals surface area contributed by atoms with Crippen LogP contribution >= 0.6 is 0 Å². The Kier molecular flexibility index (Phi) is 3.24. The molecule has 0 radical (unpaired) electrons. The summed E-state index contributed by atoms with van der Waals surface area (Å²) in [4.78, 5) is 4.20. The van der Waals surface area contributed by atoms with Crippen LogP contribution in [0.25, 0.3) is 0 Å². The van der Waals surface area contributed by atoms with Crippen molar-refractivity contribution >= 4 is 0 Å². The van der Waals surface area contributed by atoms with Crippen molar-refractivity contribution in [2.24, 2.45) is 7.05 Å². The maximum absolute atomic E-state index is 10.3. The number of aryl methyl sites for hydroxylation is 3. The van der Waals surface area contributed by atoms with Crippen LogP contribution in [0.4, 0.5) is 0 Å². The zero-order chi connectivity index (χ0) is 12.4. The van der Waals surface area contributed by atoms with E-state index < -0.39 is 6.10 Å². The highest BCUT2D eigenvalue weighted by Gasteiger charge is 2.17. The molecule has 0 aliphatic heterocycles. The molecule has 0 spiro atoms. The van der Waals surface area contributed by atoms with E-state index in [1.807, 2.05) is 39.2 Å². The van der Waals surface area contributed by atoms with Crippen molar-refractivity contribution in [1.82, 2.24) is 14.8 Å². The summed E-state index contributed by atoms with van der Waals surface area (Å²) in [7, 11) is 1.86. The van der Waals surface area contributed by atoms with Gasteiger partial charge in [0.2, 0.25) is 0 Å². The fraction of sp³-hybridized carbons (Fsp3) is 0.385. The number of pyridine rings is 1. The molecule has 4 heteroatoms. The summed E-state index contributed by atoms with van der Waals surface area (Å²) in [6, 6.07) is 3.81. The summed E-state index contributed by atoms with van der Waals surface area (Å²) in [6.45, 7) is 3.96. The molecular formula is C13H17N3O. The second-order valence-corrected chi connectivity index (χ2v) is 4.19. The molecule has 1 atom stereocenters. The Balaban J connectivity index is 2.35. The van der Waals surface area contributed by atoms with Gasteiger partial charge in [-0.1, -0.05) is 13.0 Å². The zero-order valence-electron chi connectivity index (χ0n) is 10.4. The number of aromatic nitrogens is 3. The van der Waals surface area contributed by atoms with Crippen LogP contribution in [0.5, 0.6) is 0 Å². The summed E-state index contributed by atoms with van der Waals surface area (Å²) in [6.07, 6.45) is 3.74. The molecule has 0 aromatic carbocycles. The predicted octanol–water partition coefficient (Wildman–Crippen LogP) is 1.77. The number of hydrogen-bond acceptors (Lipinski definition) is 3. The predicted molar refractivity (Wildman–Crippen MR) is 65.6 cm³/mol. The Morgan fingerprint density at radius 2 is 2.18 bits per heavy atom. The topological polar surface area (TPSA) is 50.9 Å². The first kappa shape index (κ1) is 11.8. The molecular weight excluding hydrogens is 214 g/mol. The molecule has 1 unspecified atom stereocenters. The van der Waals surface area contributed by atoms with Crippen LogP contribution in [-0.4, -0.2) is 19.9 Å². The Hall–Kier alpha value is -1.68. The molecule has 2 heterocycles. The van der Waals surface area contributed by atoms with E-state index in [0.29, 0.717) is 0 Å². The van der Waals surface area contributed by atoms with E-state index in [-0.39, 0.29) is 0 Å². The second-order valence-electron chi connectivity index (χ2n) is 4.19. The van der Waals surface area contributed by atoms with Crippen molar-refractivity contribution in [2.75, 3.05) is 0 Å². The number of hydrogen-bond donors (Lipinski definition) is 1. The lowest BCUT2D eigenvalue weighted by atomic mass is 10.0. The van der Waals surface area contributed by atoms with Crippen LogP contribution in [-0.2, 0) is 13.5 Å². The highest BCUT2D eigenvalue weighted by atomic mass is 16.3. The molecule has 0 fully saturated rings. The Labute approximate surface area is 101 Å². The lowest BCUT2D eigenvalue weighted by molar-refractivity contribution is 0.218. The zero-order valence-corrected chi connectivity index (χ0v) is 10.4. The van der Waals surface area contributed by atoms with Crippen molar-refractivity contribution in [1.29, 1.82) is 0 Å². The lowest BCUT2D eigenvalue weighted by Crippen LogP contribution is -2.02. The summed E-state index contributed by atoms with van der Waals surface area (Å²) in [5, 5.41) is 14.6. The van der Waals surface area contributed by atoms with Crippen LogP contribution in [0.2, 0.25) is 0 Å². The van der Waals surface area contributed by atoms with Crippen molar-refractivity contribution in [3.05, 3.63) is 47.0 Å². The third kappa shape index (κ3) is 2.36. The van der Waals surface area contributed by atoms with Gasteiger partial charge in [0.05, 0.1) is 5.69 Å². The quantitative estimate of drug-likeness (QED) is 0.875. The van der Waals surface area contributed by atoms with E-state index in [4.69, 9.17) is 0 Å². The molecule has 2 aromatic heterocycles. The smallest absolute Gasteiger partial charge is 0.109 e. The van der Waals surface area contributed by atoms with Crippen LogP contribution < -0.4 is 0 Å². The molecule has 4 nitrogen and oxygen atoms in total. The molecule has 0 amide bonds. The van der Waals surface area contributed by atoms with E-state index in [1.165, 1.54) is 0 Å². The van der Waals surface area contributed by atoms with Crippen molar-refractivity contribution < 1.29 is 5.11 Å². The van der Waals surface area contributed by atoms with Crippen LogP contribution in [0, 0.1) is 6.92 Å². The summed E-state index contributed by atoms with van der Waals surface area (Å²) >= 11 is 0. The average Bonchev–Trinajstić information content (AvgIpc) is 2.70. The summed E-state index contributed by atoms with van der Waals surface area (Å²) < 4.78 is 1.74. The molecule has 90 valence electrons. The number of aliphatic hydroxyl groups is 1. The minimum Gasteiger partial charge on any atom is -0.383 e. The van der Waals surface area contributed by atoms with Crippen LogP contribution in [0.1, 0.15) is 35.5 Å². The first-order valence-corrected chi connectivity index (χ1v) is 5.75. The monoisotopic (exact) mass is 231 g/mol. The molecule has 0 aliphatic rings. The van der Waals surface area contributed by atoms with E-state index in [2.05, 4.69) is 10.1 Å². The molecule has 1 N–H and O–H groups in total. The van der Waals surface area contributed by atoms with Gasteiger partial charge in [-0.15, -0.1) is 0 Å². The molecule has 0 saturated carbocycles. The van der Waals surface area contributed by atoms with Gasteiger partial charge in [-0.2, -0.15) is 5.10 Å². The first-order valence-electron chi connectivity index (χ1n) is 5.75. The van der Waals surface area contributed by atoms with Gasteiger partial charge in [0.15, 0.2) is 0 Å². The highest BCUT2D eigenvalue weighted by molar-refractivity contribution is 5.30. The fourth-order valence-electron chi connectivity index (χ4n) is 1.88. The fourth-order valence-corrected chi connectivity index (χ4v) is 1.88. The van der Waals surface area contributed by atoms with E-state index in [0.717, 1.165) is 28.9 Å². The SMILES string of the molecule is CCc1nn(C)cc1C(O)c1ccc(C)nc1. The maximum Gasteiger partial charge on any atom is 0.109 e. The first-order chi connectivity index (χ1) is 8.11. The van der Waals surface area contributed by atoms with Gasteiger partial charge in [-0.3, -0.25) is 9.67 Å². The van der Waals surface area contributed by atoms with Gasteiger partial charge < -0.3 is 5.11 Å². The summed E-state index contributed by atoms with van der Waals surface area (Å²) in [5.74, 6) is 0. The van der Waals surface area contributed by atoms with Crippen molar-refractivity contribution in [2.45, 2.75) is 26.4 Å². The van der Waals surface area contributed by atoms with E-state index in [9.17, 15) is 5.11 Å². The highest BCUT2D eigenvalue weighted by Crippen LogP contribution is 2.24. The Bertz CT molecular complexity index is 502. The van der Waals surface area contributed by atoms with Gasteiger partial charge in [0.25, 0.3) is 0 Å². The second kappa shape index (κ2) is 4.67. The third-order valence-corrected chi connectivity index (χ3v) is 2.82. The molecule has 17 heavy (non-hydrogen) atoms. The van der Waals surface area contributed by atoms with Gasteiger partial charge in [0.1, 0.15) is 6.10 Å². The molecule has 2 aromatic rings. The van der Waals surface area contributed by atoms with E-state index in [1.54, 1.807) is 10.9 Å². The normalized spacial score (nSPS) is 12.7. The Morgan fingerprint density at radius 1 is 1.41 bits per heavy atom. The molecule has 0 bridgehead atoms. The van der Waals surface area contributed by atoms with Gasteiger partial charge >= 0.3 is 0 Å². The maximum atomic E-state index is 10.3. The number of rotatable bonds is 3.